The molecule has 0 saturated carbocycles. The van der Waals surface area contributed by atoms with E-state index in [4.69, 9.17) is 9.84 Å². The molecule has 34 heavy (non-hydrogen) atoms. The Hall–Kier alpha value is -3.80. The van der Waals surface area contributed by atoms with E-state index in [0.717, 1.165) is 22.8 Å². The molecule has 3 heterocycles. The number of benzene rings is 2. The van der Waals surface area contributed by atoms with Crippen molar-refractivity contribution in [2.24, 2.45) is 0 Å². The molecule has 4 aromatic rings. The summed E-state index contributed by atoms with van der Waals surface area (Å²) < 4.78 is 9.87. The second kappa shape index (κ2) is 8.86. The predicted molar refractivity (Wildman–Crippen MR) is 133 cm³/mol. The lowest BCUT2D eigenvalue weighted by atomic mass is 10.0. The van der Waals surface area contributed by atoms with E-state index in [1.54, 1.807) is 0 Å². The molecule has 2 aromatic carbocycles. The highest BCUT2D eigenvalue weighted by molar-refractivity contribution is 5.78. The molecule has 0 bridgehead atoms. The number of aryl methyl sites for hydroxylation is 2. The summed E-state index contributed by atoms with van der Waals surface area (Å²) in [5.74, 6) is 2.11. The van der Waals surface area contributed by atoms with Gasteiger partial charge in [-0.15, -0.1) is 0 Å². The Bertz CT molecular complexity index is 1320. The van der Waals surface area contributed by atoms with Crippen LogP contribution in [-0.4, -0.2) is 31.8 Å². The van der Waals surface area contributed by atoms with Crippen molar-refractivity contribution in [1.29, 1.82) is 0 Å². The van der Waals surface area contributed by atoms with Gasteiger partial charge in [0.25, 0.3) is 5.91 Å². The second-order valence-electron chi connectivity index (χ2n) is 9.30. The van der Waals surface area contributed by atoms with Crippen molar-refractivity contribution >= 4 is 5.91 Å². The van der Waals surface area contributed by atoms with Crippen LogP contribution in [0.1, 0.15) is 47.7 Å². The van der Waals surface area contributed by atoms with Gasteiger partial charge in [0.15, 0.2) is 6.61 Å². The van der Waals surface area contributed by atoms with Crippen molar-refractivity contribution in [1.82, 2.24) is 19.2 Å². The van der Waals surface area contributed by atoms with E-state index in [9.17, 15) is 4.79 Å². The van der Waals surface area contributed by atoms with Gasteiger partial charge in [0, 0.05) is 18.0 Å². The highest BCUT2D eigenvalue weighted by Crippen LogP contribution is 2.31. The number of carbonyl (C=O) groups excluding carboxylic acids is 1. The van der Waals surface area contributed by atoms with Crippen LogP contribution in [0.4, 0.5) is 0 Å². The maximum absolute atomic E-state index is 13.0. The Balaban J connectivity index is 1.36. The van der Waals surface area contributed by atoms with E-state index in [2.05, 4.69) is 62.6 Å². The largest absolute Gasteiger partial charge is 0.484 e. The summed E-state index contributed by atoms with van der Waals surface area (Å²) in [6.45, 7) is 9.53. The monoisotopic (exact) mass is 454 g/mol. The lowest BCUT2D eigenvalue weighted by Crippen LogP contribution is -2.31. The number of nitrogens with zero attached hydrogens (tertiary/aromatic N) is 4. The smallest absolute Gasteiger partial charge is 0.261 e. The quantitative estimate of drug-likeness (QED) is 0.396. The Kier molecular flexibility index (Phi) is 5.74. The van der Waals surface area contributed by atoms with Crippen LogP contribution < -0.4 is 4.74 Å². The molecule has 0 spiro atoms. The highest BCUT2D eigenvalue weighted by Gasteiger charge is 2.31. The SMILES string of the molecule is Cc1ccc(-n2nc3c(c2-n2cccc2)CN(C(=O)COc2ccc(C(C)C)cc2)C3)c(C)c1. The summed E-state index contributed by atoms with van der Waals surface area (Å²) in [6.07, 6.45) is 4.04. The first-order chi connectivity index (χ1) is 16.4. The minimum Gasteiger partial charge on any atom is -0.484 e. The van der Waals surface area contributed by atoms with Gasteiger partial charge in [-0.05, 0) is 61.2 Å². The molecule has 0 atom stereocenters. The molecule has 0 unspecified atom stereocenters. The van der Waals surface area contributed by atoms with Gasteiger partial charge in [-0.2, -0.15) is 5.10 Å². The third kappa shape index (κ3) is 4.12. The molecule has 174 valence electrons. The number of rotatable bonds is 6. The van der Waals surface area contributed by atoms with Crippen LogP contribution in [0.2, 0.25) is 0 Å². The fraction of sp³-hybridized carbons (Fsp3) is 0.286. The van der Waals surface area contributed by atoms with E-state index < -0.39 is 0 Å². The molecule has 5 rings (SSSR count). The van der Waals surface area contributed by atoms with E-state index in [-0.39, 0.29) is 12.5 Å². The summed E-state index contributed by atoms with van der Waals surface area (Å²) in [6, 6.07) is 18.4. The summed E-state index contributed by atoms with van der Waals surface area (Å²) in [7, 11) is 0. The van der Waals surface area contributed by atoms with Gasteiger partial charge in [0.05, 0.1) is 24.5 Å². The molecular weight excluding hydrogens is 424 g/mol. The molecule has 1 aliphatic rings. The van der Waals surface area contributed by atoms with Crippen LogP contribution in [-0.2, 0) is 17.9 Å². The van der Waals surface area contributed by atoms with Crippen LogP contribution in [0.25, 0.3) is 11.5 Å². The average molecular weight is 455 g/mol. The first-order valence-corrected chi connectivity index (χ1v) is 11.7. The molecule has 0 radical (unpaired) electrons. The van der Waals surface area contributed by atoms with Crippen LogP contribution in [0.15, 0.2) is 67.0 Å². The number of hydrogen-bond donors (Lipinski definition) is 0. The third-order valence-electron chi connectivity index (χ3n) is 6.42. The van der Waals surface area contributed by atoms with Gasteiger partial charge in [-0.25, -0.2) is 4.68 Å². The maximum atomic E-state index is 13.0. The number of aromatic nitrogens is 3. The summed E-state index contributed by atoms with van der Waals surface area (Å²) in [5, 5.41) is 4.95. The summed E-state index contributed by atoms with van der Waals surface area (Å²) in [4.78, 5) is 14.8. The van der Waals surface area contributed by atoms with Crippen LogP contribution >= 0.6 is 0 Å². The van der Waals surface area contributed by atoms with Crippen LogP contribution in [0.5, 0.6) is 5.75 Å². The number of hydrogen-bond acceptors (Lipinski definition) is 3. The molecule has 1 aliphatic heterocycles. The lowest BCUT2D eigenvalue weighted by Gasteiger charge is -2.18. The van der Waals surface area contributed by atoms with Crippen molar-refractivity contribution < 1.29 is 9.53 Å². The van der Waals surface area contributed by atoms with Gasteiger partial charge in [0.2, 0.25) is 0 Å². The Labute approximate surface area is 200 Å². The zero-order chi connectivity index (χ0) is 23.8. The minimum atomic E-state index is -0.0394. The van der Waals surface area contributed by atoms with E-state index >= 15 is 0 Å². The molecule has 0 fully saturated rings. The predicted octanol–water partition coefficient (Wildman–Crippen LogP) is 5.32. The summed E-state index contributed by atoms with van der Waals surface area (Å²) >= 11 is 0. The van der Waals surface area contributed by atoms with Crippen molar-refractivity contribution in [3.05, 3.63) is 94.9 Å². The third-order valence-corrected chi connectivity index (χ3v) is 6.42. The number of fused-ring (bicyclic) bond motifs is 1. The fourth-order valence-corrected chi connectivity index (χ4v) is 4.52. The van der Waals surface area contributed by atoms with Crippen molar-refractivity contribution in [3.8, 4) is 17.3 Å². The molecule has 0 N–H and O–H groups in total. The van der Waals surface area contributed by atoms with Gasteiger partial charge in [-0.3, -0.25) is 4.79 Å². The van der Waals surface area contributed by atoms with Gasteiger partial charge in [-0.1, -0.05) is 43.7 Å². The second-order valence-corrected chi connectivity index (χ2v) is 9.30. The first kappa shape index (κ1) is 22.0. The highest BCUT2D eigenvalue weighted by atomic mass is 16.5. The van der Waals surface area contributed by atoms with Crippen molar-refractivity contribution in [2.75, 3.05) is 6.61 Å². The topological polar surface area (TPSA) is 52.3 Å². The van der Waals surface area contributed by atoms with Gasteiger partial charge < -0.3 is 14.2 Å². The number of amides is 1. The average Bonchev–Trinajstić information content (AvgIpc) is 3.54. The zero-order valence-electron chi connectivity index (χ0n) is 20.2. The van der Waals surface area contributed by atoms with Gasteiger partial charge >= 0.3 is 0 Å². The fourth-order valence-electron chi connectivity index (χ4n) is 4.52. The molecular formula is C28H30N4O2. The Morgan fingerprint density at radius 2 is 1.76 bits per heavy atom. The molecule has 1 amide bonds. The lowest BCUT2D eigenvalue weighted by molar-refractivity contribution is -0.134. The molecule has 0 aliphatic carbocycles. The van der Waals surface area contributed by atoms with Gasteiger partial charge in [0.1, 0.15) is 11.6 Å². The Morgan fingerprint density at radius 1 is 1.03 bits per heavy atom. The number of ether oxygens (including phenoxy) is 1. The van der Waals surface area contributed by atoms with Crippen LogP contribution in [0.3, 0.4) is 0 Å². The van der Waals surface area contributed by atoms with Crippen molar-refractivity contribution in [2.45, 2.75) is 46.7 Å². The molecule has 6 nitrogen and oxygen atoms in total. The normalized spacial score (nSPS) is 12.9. The molecule has 0 saturated heterocycles. The molecule has 6 heteroatoms. The van der Waals surface area contributed by atoms with E-state index in [1.165, 1.54) is 16.7 Å². The first-order valence-electron chi connectivity index (χ1n) is 11.7. The zero-order valence-corrected chi connectivity index (χ0v) is 20.2. The standard InChI is InChI=1S/C28H30N4O2/c1-19(2)22-8-10-23(11-9-22)34-18-27(33)31-16-24-25(17-31)29-32(28(24)30-13-5-6-14-30)26-12-7-20(3)15-21(26)4/h5-15,19H,16-18H2,1-4H3. The number of carbonyl (C=O) groups is 1. The molecule has 2 aromatic heterocycles. The van der Waals surface area contributed by atoms with E-state index in [0.29, 0.717) is 24.8 Å². The van der Waals surface area contributed by atoms with Crippen LogP contribution in [0, 0.1) is 13.8 Å². The Morgan fingerprint density at radius 3 is 2.44 bits per heavy atom. The maximum Gasteiger partial charge on any atom is 0.261 e. The minimum absolute atomic E-state index is 0.0151. The van der Waals surface area contributed by atoms with Crippen molar-refractivity contribution in [3.63, 3.8) is 0 Å². The summed E-state index contributed by atoms with van der Waals surface area (Å²) in [5.41, 5.74) is 6.69. The van der Waals surface area contributed by atoms with E-state index in [1.807, 2.05) is 46.2 Å².